The largest absolute Gasteiger partial charge is 0.459 e. The number of carbonyl (C=O) groups is 1. The van der Waals surface area contributed by atoms with Gasteiger partial charge < -0.3 is 4.74 Å². The average molecular weight is 362 g/mol. The fourth-order valence-corrected chi connectivity index (χ4v) is 4.16. The molecule has 2 rings (SSSR count). The summed E-state index contributed by atoms with van der Waals surface area (Å²) in [6.45, 7) is 12.9. The molecule has 0 bridgehead atoms. The zero-order chi connectivity index (χ0) is 19.9. The molecule has 0 aliphatic carbocycles. The van der Waals surface area contributed by atoms with Gasteiger partial charge in [-0.1, -0.05) is 51.1 Å². The molecule has 1 fully saturated rings. The summed E-state index contributed by atoms with van der Waals surface area (Å²) in [4.78, 5) is 24.9. The first kappa shape index (κ1) is 20.4. The van der Waals surface area contributed by atoms with Gasteiger partial charge in [0.05, 0.1) is 5.92 Å². The van der Waals surface area contributed by atoms with Crippen LogP contribution >= 0.6 is 0 Å². The van der Waals surface area contributed by atoms with Gasteiger partial charge in [-0.25, -0.2) is 0 Å². The van der Waals surface area contributed by atoms with Crippen molar-refractivity contribution in [3.05, 3.63) is 46.0 Å². The Kier molecular flexibility index (Phi) is 5.21. The molecular weight excluding hydrogens is 332 g/mol. The third kappa shape index (κ3) is 3.90. The molecule has 26 heavy (non-hydrogen) atoms. The van der Waals surface area contributed by atoms with E-state index >= 15 is 0 Å². The van der Waals surface area contributed by atoms with Gasteiger partial charge in [0.15, 0.2) is 0 Å². The van der Waals surface area contributed by atoms with E-state index < -0.39 is 40.5 Å². The second-order valence-corrected chi connectivity index (χ2v) is 9.36. The molecule has 0 unspecified atom stereocenters. The standard InChI is InChI=1S/C20H30N2O4/c1-18(2,3)16-15(22(24)25)14(13-11-9-8-10-12-13)21-20(16,7)17(23)26-19(4,5)6/h8-12,14-16,21H,1-7H3/t14-,15+,16+,20-/m1/s1. The Labute approximate surface area is 155 Å². The Morgan fingerprint density at radius 1 is 1.15 bits per heavy atom. The van der Waals surface area contributed by atoms with Gasteiger partial charge in [-0.3, -0.25) is 20.2 Å². The van der Waals surface area contributed by atoms with Crippen LogP contribution in [0.15, 0.2) is 30.3 Å². The van der Waals surface area contributed by atoms with Crippen molar-refractivity contribution in [3.63, 3.8) is 0 Å². The van der Waals surface area contributed by atoms with Crippen LogP contribution in [-0.4, -0.2) is 28.1 Å². The van der Waals surface area contributed by atoms with Crippen molar-refractivity contribution in [1.29, 1.82) is 0 Å². The van der Waals surface area contributed by atoms with Crippen LogP contribution in [0.5, 0.6) is 0 Å². The molecule has 1 saturated heterocycles. The third-order valence-corrected chi connectivity index (χ3v) is 4.92. The molecule has 6 heteroatoms. The normalized spacial score (nSPS) is 29.4. The fourth-order valence-electron chi connectivity index (χ4n) is 4.16. The number of ether oxygens (including phenoxy) is 1. The van der Waals surface area contributed by atoms with E-state index in [9.17, 15) is 14.9 Å². The SMILES string of the molecule is CC(C)(C)OC(=O)[C@]1(C)N[C@H](c2ccccc2)[C@H]([N+](=O)[O-])[C@H]1C(C)(C)C. The highest BCUT2D eigenvalue weighted by molar-refractivity contribution is 5.82. The van der Waals surface area contributed by atoms with Crippen LogP contribution < -0.4 is 5.32 Å². The van der Waals surface area contributed by atoms with Crippen molar-refractivity contribution < 1.29 is 14.5 Å². The molecule has 0 aromatic heterocycles. The summed E-state index contributed by atoms with van der Waals surface area (Å²) in [6.07, 6.45) is 0. The molecule has 6 nitrogen and oxygen atoms in total. The monoisotopic (exact) mass is 362 g/mol. The number of esters is 1. The first-order chi connectivity index (χ1) is 11.8. The van der Waals surface area contributed by atoms with Crippen LogP contribution in [-0.2, 0) is 9.53 Å². The van der Waals surface area contributed by atoms with Gasteiger partial charge in [0.1, 0.15) is 17.2 Å². The lowest BCUT2D eigenvalue weighted by molar-refractivity contribution is -0.536. The summed E-state index contributed by atoms with van der Waals surface area (Å²) in [5, 5.41) is 15.3. The minimum absolute atomic E-state index is 0.254. The molecule has 0 saturated carbocycles. The van der Waals surface area contributed by atoms with Crippen molar-refractivity contribution in [2.24, 2.45) is 11.3 Å². The topological polar surface area (TPSA) is 81.5 Å². The van der Waals surface area contributed by atoms with Crippen molar-refractivity contribution >= 4 is 5.97 Å². The Hall–Kier alpha value is -1.95. The Morgan fingerprint density at radius 2 is 1.69 bits per heavy atom. The summed E-state index contributed by atoms with van der Waals surface area (Å²) in [5.74, 6) is -0.986. The molecule has 1 N–H and O–H groups in total. The summed E-state index contributed by atoms with van der Waals surface area (Å²) in [5.41, 5.74) is -1.50. The van der Waals surface area contributed by atoms with Crippen LogP contribution in [0, 0.1) is 21.4 Å². The fraction of sp³-hybridized carbons (Fsp3) is 0.650. The first-order valence-corrected chi connectivity index (χ1v) is 8.97. The number of hydrogen-bond donors (Lipinski definition) is 1. The third-order valence-electron chi connectivity index (χ3n) is 4.92. The van der Waals surface area contributed by atoms with E-state index in [1.54, 1.807) is 27.7 Å². The van der Waals surface area contributed by atoms with E-state index in [-0.39, 0.29) is 4.92 Å². The average Bonchev–Trinajstić information content (AvgIpc) is 2.82. The van der Waals surface area contributed by atoms with Crippen LogP contribution in [0.3, 0.4) is 0 Å². The van der Waals surface area contributed by atoms with E-state index in [0.29, 0.717) is 0 Å². The van der Waals surface area contributed by atoms with Crippen LogP contribution in [0.25, 0.3) is 0 Å². The second-order valence-electron chi connectivity index (χ2n) is 9.36. The molecular formula is C20H30N2O4. The van der Waals surface area contributed by atoms with Gasteiger partial charge >= 0.3 is 5.97 Å². The lowest BCUT2D eigenvalue weighted by Crippen LogP contribution is -2.56. The molecule has 4 atom stereocenters. The van der Waals surface area contributed by atoms with Gasteiger partial charge in [-0.05, 0) is 38.7 Å². The lowest BCUT2D eigenvalue weighted by atomic mass is 9.67. The number of nitrogens with one attached hydrogen (secondary N) is 1. The molecule has 0 radical (unpaired) electrons. The molecule has 1 aromatic rings. The molecule has 1 aliphatic heterocycles. The number of benzene rings is 1. The minimum atomic E-state index is -1.16. The molecule has 1 heterocycles. The number of nitro groups is 1. The predicted molar refractivity (Wildman–Crippen MR) is 100 cm³/mol. The van der Waals surface area contributed by atoms with Crippen LogP contribution in [0.4, 0.5) is 0 Å². The van der Waals surface area contributed by atoms with E-state index in [1.807, 2.05) is 51.1 Å². The van der Waals surface area contributed by atoms with Crippen molar-refractivity contribution in [2.45, 2.75) is 71.7 Å². The number of nitrogens with zero attached hydrogens (tertiary/aromatic N) is 1. The van der Waals surface area contributed by atoms with Gasteiger partial charge in [-0.15, -0.1) is 0 Å². The number of carbonyl (C=O) groups excluding carboxylic acids is 1. The first-order valence-electron chi connectivity index (χ1n) is 8.97. The maximum Gasteiger partial charge on any atom is 0.327 e. The minimum Gasteiger partial charge on any atom is -0.459 e. The quantitative estimate of drug-likeness (QED) is 0.503. The molecule has 144 valence electrons. The van der Waals surface area contributed by atoms with Crippen molar-refractivity contribution in [3.8, 4) is 0 Å². The van der Waals surface area contributed by atoms with Gasteiger partial charge in [0, 0.05) is 4.92 Å². The summed E-state index contributed by atoms with van der Waals surface area (Å²) < 4.78 is 5.64. The Morgan fingerprint density at radius 3 is 2.12 bits per heavy atom. The van der Waals surface area contributed by atoms with Crippen molar-refractivity contribution in [1.82, 2.24) is 5.32 Å². The van der Waals surface area contributed by atoms with Crippen molar-refractivity contribution in [2.75, 3.05) is 0 Å². The molecule has 1 aliphatic rings. The van der Waals surface area contributed by atoms with E-state index in [0.717, 1.165) is 5.56 Å². The summed E-state index contributed by atoms with van der Waals surface area (Å²) in [7, 11) is 0. The highest BCUT2D eigenvalue weighted by atomic mass is 16.6. The van der Waals surface area contributed by atoms with E-state index in [2.05, 4.69) is 5.32 Å². The zero-order valence-electron chi connectivity index (χ0n) is 16.7. The number of rotatable bonds is 3. The Bertz CT molecular complexity index is 675. The summed E-state index contributed by atoms with van der Waals surface area (Å²) >= 11 is 0. The summed E-state index contributed by atoms with van der Waals surface area (Å²) in [6, 6.07) is 7.78. The molecule has 0 amide bonds. The van der Waals surface area contributed by atoms with Gasteiger partial charge in [-0.2, -0.15) is 0 Å². The van der Waals surface area contributed by atoms with E-state index in [4.69, 9.17) is 4.74 Å². The zero-order valence-corrected chi connectivity index (χ0v) is 16.7. The van der Waals surface area contributed by atoms with Crippen LogP contribution in [0.1, 0.15) is 60.1 Å². The highest BCUT2D eigenvalue weighted by Gasteiger charge is 2.65. The van der Waals surface area contributed by atoms with Gasteiger partial charge in [0.2, 0.25) is 6.04 Å². The maximum absolute atomic E-state index is 13.1. The smallest absolute Gasteiger partial charge is 0.327 e. The molecule has 1 aromatic carbocycles. The van der Waals surface area contributed by atoms with Gasteiger partial charge in [0.25, 0.3) is 0 Å². The van der Waals surface area contributed by atoms with E-state index in [1.165, 1.54) is 0 Å². The molecule has 0 spiro atoms. The maximum atomic E-state index is 13.1. The second kappa shape index (κ2) is 6.65. The number of hydrogen-bond acceptors (Lipinski definition) is 5. The Balaban J connectivity index is 2.56. The predicted octanol–water partition coefficient (Wildman–Crippen LogP) is 3.74. The van der Waals surface area contributed by atoms with Crippen LogP contribution in [0.2, 0.25) is 0 Å². The lowest BCUT2D eigenvalue weighted by Gasteiger charge is -2.39. The highest BCUT2D eigenvalue weighted by Crippen LogP contribution is 2.49.